The molecule has 0 saturated carbocycles. The van der Waals surface area contributed by atoms with E-state index in [1.165, 1.54) is 0 Å². The zero-order valence-corrected chi connectivity index (χ0v) is 85.7. The molecule has 4 fully saturated rings. The summed E-state index contributed by atoms with van der Waals surface area (Å²) in [5.41, 5.74) is 0.355. The number of amides is 12. The molecule has 12 amide bonds. The maximum absolute atomic E-state index is 15.1. The molecule has 30 heteroatoms. The van der Waals surface area contributed by atoms with Crippen LogP contribution in [0.4, 0.5) is 9.59 Å². The first kappa shape index (κ1) is 114. The summed E-state index contributed by atoms with van der Waals surface area (Å²) in [5, 5.41) is 58.8. The van der Waals surface area contributed by atoms with Gasteiger partial charge in [0.05, 0.1) is 11.8 Å². The Hall–Kier alpha value is -10.6. The zero-order valence-electron chi connectivity index (χ0n) is 85.7. The van der Waals surface area contributed by atoms with E-state index in [4.69, 9.17) is 9.47 Å². The van der Waals surface area contributed by atoms with Crippen LogP contribution in [0, 0.1) is 35.5 Å². The lowest BCUT2D eigenvalue weighted by atomic mass is 9.79. The van der Waals surface area contributed by atoms with Crippen molar-refractivity contribution in [1.82, 2.24) is 73.1 Å². The predicted molar refractivity (Wildman–Crippen MR) is 537 cm³/mol. The van der Waals surface area contributed by atoms with Crippen molar-refractivity contribution in [2.24, 2.45) is 35.5 Å². The number of hydroxylamine groups is 4. The monoisotopic (exact) mass is 1930 g/mol. The number of carbonyl (C=O) groups is 12. The molecule has 0 aliphatic carbocycles. The van der Waals surface area contributed by atoms with Crippen LogP contribution in [0.5, 0.6) is 0 Å². The largest absolute Gasteiger partial charge is 0.445 e. The minimum Gasteiger partial charge on any atom is -0.445 e. The molecule has 4 saturated heterocycles. The number of ether oxygens (including phenoxy) is 2. The third kappa shape index (κ3) is 38.1. The summed E-state index contributed by atoms with van der Waals surface area (Å²) in [6.45, 7) is 31.3. The van der Waals surface area contributed by atoms with Crippen LogP contribution in [0.25, 0.3) is 0 Å². The fourth-order valence-corrected chi connectivity index (χ4v) is 20.1. The third-order valence-corrected chi connectivity index (χ3v) is 27.0. The number of nitrogens with one attached hydrogen (secondary N) is 10. The Balaban J connectivity index is 0.790. The highest BCUT2D eigenvalue weighted by Crippen LogP contribution is 2.39. The van der Waals surface area contributed by atoms with Crippen molar-refractivity contribution < 1.29 is 77.4 Å². The van der Waals surface area contributed by atoms with E-state index in [1.54, 1.807) is 37.5 Å². The number of carbonyl (C=O) groups excluding carboxylic acids is 12. The molecule has 2 radical (unpaired) electrons. The lowest BCUT2D eigenvalue weighted by Crippen LogP contribution is -2.64. The molecule has 4 aliphatic rings. The van der Waals surface area contributed by atoms with Crippen LogP contribution >= 0.6 is 0 Å². The van der Waals surface area contributed by atoms with Crippen molar-refractivity contribution in [3.8, 4) is 0 Å². The standard InChI is InChI=1S/C109H164N14O16/c1-74(2)64-84(51-37-50-82(66-78-42-27-23-28-43-78)102(132)120-62-40-54-90(120)98(128)118-94(76(5)6)100(130)116-88(52-38-60-110-104(134)138-72-80-46-31-25-32-47-80)96(126)114-86-68-106(9,10)122(136)107(11,12)69-86)112-92(124)56-35-21-19-17-18-20-22-36-57-93(125)113-85(65-75(3)4)59-58-83(67-79-44-29-24-30-45-79)103(133)121-63-41-55-91(121)99(129)119-95(77(7)8)101(131)117-89(53-39-61-111-105(135)139-73-81-48-33-26-34-49-81)97(127)115-87-70-108(13,14)123(137)109(15,16)71-87/h23-34,37,42-50,58-59,74-77,82-91,94-95H,17-22,35-36,38-41,51-57,60-73H2,1-16H3,(H,110,134)(H,111,135)(H,112,124)(H,113,125)(H,114,126)(H,115,127)(H,116,130)(H,117,131)(H,118,128)(H,119,129)/b50-37+,59-58+/t82-,83-,84?,85+,88+,89+,90?,91?,94+,95+/m1/s1. The van der Waals surface area contributed by atoms with Gasteiger partial charge in [-0.3, -0.25) is 47.9 Å². The van der Waals surface area contributed by atoms with Gasteiger partial charge in [0.2, 0.25) is 59.1 Å². The predicted octanol–water partition coefficient (Wildman–Crippen LogP) is 14.8. The number of likely N-dealkylation sites (tertiary alicyclic amines) is 2. The molecular weight excluding hydrogens is 1760 g/mol. The molecule has 4 aromatic carbocycles. The highest BCUT2D eigenvalue weighted by molar-refractivity contribution is 5.97. The SMILES string of the molecule is CC(C)CC(C/C=C/[C@H](Cc1ccccc1)C(=O)N1CCCC1C(=O)N[C@H](C(=O)N[C@@H](CCCNC(=O)OCc1ccccc1)C(=O)NC1CC(C)(C)N([O])C(C)(C)C1)C(C)C)NC(=O)CCCCCCCCCCC(=O)N[C@@H](/C=C/[C@H](Cc1ccccc1)C(=O)N1CCCC1C(=O)N[C@H](C(=O)N[C@@H](CCCNC(=O)OCc1ccccc1)C(=O)NC1CC(C)(C)N([O])C(C)(C)C1)C(C)C)CC(C)C. The highest BCUT2D eigenvalue weighted by atomic mass is 16.6. The van der Waals surface area contributed by atoms with Gasteiger partial charge >= 0.3 is 12.2 Å². The van der Waals surface area contributed by atoms with Gasteiger partial charge in [-0.05, 0) is 223 Å². The van der Waals surface area contributed by atoms with E-state index < -0.39 is 130 Å². The minimum atomic E-state index is -1.10. The Morgan fingerprint density at radius 3 is 1.12 bits per heavy atom. The first-order valence-electron chi connectivity index (χ1n) is 51.3. The van der Waals surface area contributed by atoms with Crippen LogP contribution in [-0.2, 0) is 93.9 Å². The van der Waals surface area contributed by atoms with Crippen molar-refractivity contribution in [1.29, 1.82) is 0 Å². The third-order valence-electron chi connectivity index (χ3n) is 27.0. The second-order valence-electron chi connectivity index (χ2n) is 43.0. The second-order valence-corrected chi connectivity index (χ2v) is 43.0. The minimum absolute atomic E-state index is 0.0307. The van der Waals surface area contributed by atoms with E-state index >= 15 is 9.59 Å². The number of alkyl carbamates (subject to hydrolysis) is 2. The molecule has 10 atom stereocenters. The van der Waals surface area contributed by atoms with Crippen molar-refractivity contribution in [2.45, 2.75) is 380 Å². The number of unbranched alkanes of at least 4 members (excludes halogenated alkanes) is 7. The summed E-state index contributed by atoms with van der Waals surface area (Å²) in [5.74, 6) is -5.45. The van der Waals surface area contributed by atoms with Gasteiger partial charge < -0.3 is 72.4 Å². The lowest BCUT2D eigenvalue weighted by molar-refractivity contribution is -0.290. The number of hydrogen-bond donors (Lipinski definition) is 10. The van der Waals surface area contributed by atoms with Crippen molar-refractivity contribution in [3.05, 3.63) is 168 Å². The summed E-state index contributed by atoms with van der Waals surface area (Å²) in [4.78, 5) is 173. The number of nitrogens with zero attached hydrogens (tertiary/aromatic N) is 4. The molecule has 4 heterocycles. The van der Waals surface area contributed by atoms with Gasteiger partial charge in [0.15, 0.2) is 0 Å². The topological polar surface area (TPSA) is 396 Å². The van der Waals surface area contributed by atoms with Crippen LogP contribution in [0.2, 0.25) is 0 Å². The molecule has 8 rings (SSSR count). The molecule has 4 aromatic rings. The molecule has 4 aliphatic heterocycles. The summed E-state index contributed by atoms with van der Waals surface area (Å²) >= 11 is 0. The molecular formula is C109H164N14O16. The van der Waals surface area contributed by atoms with Crippen molar-refractivity contribution in [2.75, 3.05) is 26.2 Å². The maximum atomic E-state index is 15.1. The van der Waals surface area contributed by atoms with Gasteiger partial charge in [-0.15, -0.1) is 20.5 Å². The Labute approximate surface area is 826 Å². The Morgan fingerprint density at radius 1 is 0.403 bits per heavy atom. The molecule has 3 unspecified atom stereocenters. The molecule has 0 aromatic heterocycles. The van der Waals surface area contributed by atoms with Gasteiger partial charge in [0.1, 0.15) is 49.5 Å². The number of hydrogen-bond acceptors (Lipinski definition) is 16. The first-order chi connectivity index (χ1) is 66.0. The zero-order chi connectivity index (χ0) is 102. The molecule has 10 N–H and O–H groups in total. The van der Waals surface area contributed by atoms with E-state index in [0.29, 0.717) is 116 Å². The lowest BCUT2D eigenvalue weighted by Gasteiger charge is -2.50. The number of piperidine rings is 2. The average Bonchev–Trinajstić information content (AvgIpc) is 1.67. The van der Waals surface area contributed by atoms with Crippen LogP contribution in [0.3, 0.4) is 0 Å². The average molecular weight is 1930 g/mol. The number of rotatable bonds is 54. The Bertz CT molecular complexity index is 4570. The normalized spacial score (nSPS) is 18.9. The molecule has 0 spiro atoms. The van der Waals surface area contributed by atoms with Crippen molar-refractivity contribution in [3.63, 3.8) is 0 Å². The second kappa shape index (κ2) is 56.2. The van der Waals surface area contributed by atoms with Gasteiger partial charge in [-0.1, -0.05) is 240 Å². The van der Waals surface area contributed by atoms with Crippen LogP contribution < -0.4 is 53.2 Å². The fourth-order valence-electron chi connectivity index (χ4n) is 20.1. The Kier molecular flexibility index (Phi) is 46.0. The van der Waals surface area contributed by atoms with Gasteiger partial charge in [-0.25, -0.2) is 9.59 Å². The summed E-state index contributed by atoms with van der Waals surface area (Å²) in [7, 11) is 0. The van der Waals surface area contributed by atoms with Gasteiger partial charge in [0, 0.05) is 85.3 Å². The number of benzene rings is 4. The summed E-state index contributed by atoms with van der Waals surface area (Å²) < 4.78 is 10.8. The summed E-state index contributed by atoms with van der Waals surface area (Å²) in [6, 6.07) is 30.4. The highest BCUT2D eigenvalue weighted by Gasteiger charge is 2.50. The van der Waals surface area contributed by atoms with Crippen LogP contribution in [0.15, 0.2) is 146 Å². The smallest absolute Gasteiger partial charge is 0.407 e. The molecule has 30 nitrogen and oxygen atoms in total. The quantitative estimate of drug-likeness (QED) is 0.0145. The van der Waals surface area contributed by atoms with E-state index in [-0.39, 0.29) is 112 Å². The van der Waals surface area contributed by atoms with Crippen LogP contribution in [0.1, 0.15) is 294 Å². The molecule has 766 valence electrons. The molecule has 0 bridgehead atoms. The maximum Gasteiger partial charge on any atom is 0.407 e. The van der Waals surface area contributed by atoms with Gasteiger partial charge in [-0.2, -0.15) is 0 Å². The van der Waals surface area contributed by atoms with Gasteiger partial charge in [0.25, 0.3) is 0 Å². The summed E-state index contributed by atoms with van der Waals surface area (Å²) in [6.07, 6.45) is 20.9. The first-order valence-corrected chi connectivity index (χ1v) is 51.3. The van der Waals surface area contributed by atoms with Crippen LogP contribution in [-0.4, -0.2) is 200 Å². The van der Waals surface area contributed by atoms with E-state index in [1.807, 2.05) is 201 Å². The Morgan fingerprint density at radius 2 is 0.755 bits per heavy atom. The van der Waals surface area contributed by atoms with Crippen molar-refractivity contribution >= 4 is 71.3 Å². The van der Waals surface area contributed by atoms with E-state index in [0.717, 1.165) is 77.3 Å². The fraction of sp³-hybridized carbons (Fsp3) is 0.633. The van der Waals surface area contributed by atoms with E-state index in [2.05, 4.69) is 80.9 Å². The van der Waals surface area contributed by atoms with E-state index in [9.17, 15) is 58.4 Å². The molecule has 139 heavy (non-hydrogen) atoms.